The zero-order valence-corrected chi connectivity index (χ0v) is 17.5. The van der Waals surface area contributed by atoms with E-state index < -0.39 is 5.91 Å². The van der Waals surface area contributed by atoms with Gasteiger partial charge in [0.2, 0.25) is 5.91 Å². The molecule has 9 heteroatoms. The Bertz CT molecular complexity index is 917. The summed E-state index contributed by atoms with van der Waals surface area (Å²) < 4.78 is 5.30. The van der Waals surface area contributed by atoms with Gasteiger partial charge in [0.1, 0.15) is 5.75 Å². The van der Waals surface area contributed by atoms with E-state index in [1.54, 1.807) is 31.2 Å². The third kappa shape index (κ3) is 7.03. The van der Waals surface area contributed by atoms with E-state index in [2.05, 4.69) is 15.8 Å². The molecule has 2 aromatic carbocycles. The minimum atomic E-state index is -0.490. The number of aryl methyl sites for hydroxylation is 1. The highest BCUT2D eigenvalue weighted by molar-refractivity contribution is 6.35. The van der Waals surface area contributed by atoms with Gasteiger partial charge in [0.25, 0.3) is 5.91 Å². The summed E-state index contributed by atoms with van der Waals surface area (Å²) in [6.07, 6.45) is 0.00957. The van der Waals surface area contributed by atoms with Crippen molar-refractivity contribution in [2.75, 3.05) is 11.9 Å². The molecule has 2 amide bonds. The number of rotatable bonds is 7. The van der Waals surface area contributed by atoms with Crippen molar-refractivity contribution in [2.45, 2.75) is 20.3 Å². The van der Waals surface area contributed by atoms with Gasteiger partial charge >= 0.3 is 0 Å². The Morgan fingerprint density at radius 3 is 2.46 bits per heavy atom. The van der Waals surface area contributed by atoms with E-state index >= 15 is 0 Å². The predicted octanol–water partition coefficient (Wildman–Crippen LogP) is 4.85. The number of hydrazone groups is 1. The van der Waals surface area contributed by atoms with Gasteiger partial charge in [-0.25, -0.2) is 5.43 Å². The van der Waals surface area contributed by atoms with Gasteiger partial charge in [-0.1, -0.05) is 40.9 Å². The Morgan fingerprint density at radius 2 is 1.79 bits per heavy atom. The lowest BCUT2D eigenvalue weighted by atomic mass is 10.2. The molecule has 0 spiro atoms. The number of carbonyl (C=O) groups excluding carboxylic acids is 2. The van der Waals surface area contributed by atoms with E-state index in [0.717, 1.165) is 5.56 Å². The predicted molar refractivity (Wildman–Crippen MR) is 113 cm³/mol. The third-order valence-electron chi connectivity index (χ3n) is 3.50. The van der Waals surface area contributed by atoms with Gasteiger partial charge in [0.15, 0.2) is 6.61 Å². The van der Waals surface area contributed by atoms with Gasteiger partial charge in [-0.3, -0.25) is 9.59 Å². The Hall–Kier alpha value is -2.28. The van der Waals surface area contributed by atoms with E-state index in [4.69, 9.17) is 39.5 Å². The molecule has 0 fully saturated rings. The monoisotopic (exact) mass is 441 g/mol. The topological polar surface area (TPSA) is 79.8 Å². The summed E-state index contributed by atoms with van der Waals surface area (Å²) in [6.45, 7) is 3.21. The van der Waals surface area contributed by atoms with E-state index in [-0.39, 0.29) is 18.9 Å². The number of benzene rings is 2. The number of nitrogens with zero attached hydrogens (tertiary/aromatic N) is 1. The average Bonchev–Trinajstić information content (AvgIpc) is 2.62. The van der Waals surface area contributed by atoms with Gasteiger partial charge in [0, 0.05) is 21.4 Å². The van der Waals surface area contributed by atoms with Crippen LogP contribution in [0.2, 0.25) is 15.1 Å². The molecule has 0 heterocycles. The Balaban J connectivity index is 1.79. The minimum Gasteiger partial charge on any atom is -0.482 e. The number of ether oxygens (including phenoxy) is 1. The second-order valence-corrected chi connectivity index (χ2v) is 7.19. The second kappa shape index (κ2) is 10.3. The highest BCUT2D eigenvalue weighted by Gasteiger charge is 2.08. The number of hydrogen-bond acceptors (Lipinski definition) is 4. The van der Waals surface area contributed by atoms with Crippen molar-refractivity contribution >= 4 is 58.0 Å². The van der Waals surface area contributed by atoms with E-state index in [1.807, 2.05) is 13.0 Å². The molecular weight excluding hydrogens is 425 g/mol. The maximum Gasteiger partial charge on any atom is 0.277 e. The van der Waals surface area contributed by atoms with Crippen LogP contribution in [0.5, 0.6) is 5.75 Å². The molecule has 28 heavy (non-hydrogen) atoms. The van der Waals surface area contributed by atoms with Crippen LogP contribution in [-0.2, 0) is 9.59 Å². The molecule has 0 saturated heterocycles. The van der Waals surface area contributed by atoms with E-state index in [0.29, 0.717) is 32.2 Å². The first-order valence-electron chi connectivity index (χ1n) is 8.20. The van der Waals surface area contributed by atoms with Crippen LogP contribution in [0.25, 0.3) is 0 Å². The summed E-state index contributed by atoms with van der Waals surface area (Å²) in [4.78, 5) is 23.9. The lowest BCUT2D eigenvalue weighted by Crippen LogP contribution is -2.26. The lowest BCUT2D eigenvalue weighted by molar-refractivity contribution is -0.123. The van der Waals surface area contributed by atoms with Crippen molar-refractivity contribution in [3.05, 3.63) is 57.0 Å². The summed E-state index contributed by atoms with van der Waals surface area (Å²) in [5, 5.41) is 7.93. The van der Waals surface area contributed by atoms with Gasteiger partial charge in [0.05, 0.1) is 11.4 Å². The van der Waals surface area contributed by atoms with Crippen molar-refractivity contribution in [3.8, 4) is 5.75 Å². The van der Waals surface area contributed by atoms with Crippen LogP contribution in [0.1, 0.15) is 18.9 Å². The number of nitrogens with one attached hydrogen (secondary N) is 2. The molecule has 0 aliphatic heterocycles. The first-order valence-corrected chi connectivity index (χ1v) is 9.34. The normalized spacial score (nSPS) is 11.1. The molecule has 148 valence electrons. The maximum absolute atomic E-state index is 12.0. The van der Waals surface area contributed by atoms with Crippen LogP contribution >= 0.6 is 34.8 Å². The van der Waals surface area contributed by atoms with Crippen LogP contribution in [0.4, 0.5) is 5.69 Å². The molecule has 2 N–H and O–H groups in total. The van der Waals surface area contributed by atoms with Gasteiger partial charge in [-0.2, -0.15) is 5.10 Å². The van der Waals surface area contributed by atoms with Gasteiger partial charge in [-0.15, -0.1) is 0 Å². The van der Waals surface area contributed by atoms with Crippen molar-refractivity contribution in [2.24, 2.45) is 5.10 Å². The quantitative estimate of drug-likeness (QED) is 0.475. The molecule has 0 atom stereocenters. The second-order valence-electron chi connectivity index (χ2n) is 5.93. The van der Waals surface area contributed by atoms with Crippen LogP contribution in [0.15, 0.2) is 41.5 Å². The molecule has 0 unspecified atom stereocenters. The Labute approximate surface area is 177 Å². The minimum absolute atomic E-state index is 0.00957. The lowest BCUT2D eigenvalue weighted by Gasteiger charge is -2.08. The average molecular weight is 443 g/mol. The van der Waals surface area contributed by atoms with Gasteiger partial charge < -0.3 is 10.1 Å². The molecule has 2 aromatic rings. The molecule has 0 aromatic heterocycles. The molecule has 0 aliphatic rings. The summed E-state index contributed by atoms with van der Waals surface area (Å²) in [6, 6.07) is 9.91. The van der Waals surface area contributed by atoms with Gasteiger partial charge in [-0.05, 0) is 49.7 Å². The first kappa shape index (κ1) is 22.0. The Morgan fingerprint density at radius 1 is 1.04 bits per heavy atom. The summed E-state index contributed by atoms with van der Waals surface area (Å²) in [5.41, 5.74) is 4.26. The van der Waals surface area contributed by atoms with Crippen LogP contribution < -0.4 is 15.5 Å². The van der Waals surface area contributed by atoms with E-state index in [1.165, 1.54) is 6.07 Å². The van der Waals surface area contributed by atoms with Crippen LogP contribution in [0, 0.1) is 6.92 Å². The summed E-state index contributed by atoms with van der Waals surface area (Å²) >= 11 is 17.8. The molecule has 0 saturated carbocycles. The van der Waals surface area contributed by atoms with Crippen molar-refractivity contribution in [1.29, 1.82) is 0 Å². The fraction of sp³-hybridized carbons (Fsp3) is 0.211. The largest absolute Gasteiger partial charge is 0.482 e. The molecule has 0 aliphatic carbocycles. The number of anilines is 1. The number of amides is 2. The molecule has 0 bridgehead atoms. The molecule has 6 nitrogen and oxygen atoms in total. The van der Waals surface area contributed by atoms with Crippen molar-refractivity contribution in [1.82, 2.24) is 5.43 Å². The van der Waals surface area contributed by atoms with Crippen molar-refractivity contribution in [3.63, 3.8) is 0 Å². The molecular formula is C19H18Cl3N3O3. The fourth-order valence-corrected chi connectivity index (χ4v) is 2.72. The number of halogens is 3. The summed E-state index contributed by atoms with van der Waals surface area (Å²) in [7, 11) is 0. The smallest absolute Gasteiger partial charge is 0.277 e. The molecule has 2 rings (SSSR count). The highest BCUT2D eigenvalue weighted by atomic mass is 35.5. The first-order chi connectivity index (χ1) is 13.2. The Kier molecular flexibility index (Phi) is 8.11. The summed E-state index contributed by atoms with van der Waals surface area (Å²) in [5.74, 6) is -0.436. The zero-order chi connectivity index (χ0) is 20.7. The number of hydrogen-bond donors (Lipinski definition) is 2. The highest BCUT2D eigenvalue weighted by Crippen LogP contribution is 2.27. The fourth-order valence-electron chi connectivity index (χ4n) is 2.07. The maximum atomic E-state index is 12.0. The number of carbonyl (C=O) groups is 2. The SMILES string of the molecule is C/C(CC(=O)Nc1ccc(C)c(Cl)c1)=N/NC(=O)COc1ccc(Cl)cc1Cl. The van der Waals surface area contributed by atoms with Crippen molar-refractivity contribution < 1.29 is 14.3 Å². The van der Waals surface area contributed by atoms with Crippen LogP contribution in [-0.4, -0.2) is 24.1 Å². The van der Waals surface area contributed by atoms with Crippen LogP contribution in [0.3, 0.4) is 0 Å². The third-order valence-corrected chi connectivity index (χ3v) is 4.43. The zero-order valence-electron chi connectivity index (χ0n) is 15.2. The standard InChI is InChI=1S/C19H18Cl3N3O3/c1-11-3-5-14(9-15(11)21)23-18(26)7-12(2)24-25-19(27)10-28-17-6-4-13(20)8-16(17)22/h3-6,8-9H,7,10H2,1-2H3,(H,23,26)(H,25,27)/b24-12-. The molecule has 0 radical (unpaired) electrons. The van der Waals surface area contributed by atoms with E-state index in [9.17, 15) is 9.59 Å².